The lowest BCUT2D eigenvalue weighted by atomic mass is 10.1. The van der Waals surface area contributed by atoms with Crippen LogP contribution in [0.1, 0.15) is 24.8 Å². The van der Waals surface area contributed by atoms with Gasteiger partial charge in [-0.25, -0.2) is 0 Å². The van der Waals surface area contributed by atoms with Gasteiger partial charge < -0.3 is 19.7 Å². The van der Waals surface area contributed by atoms with Crippen LogP contribution in [-0.2, 0) is 11.3 Å². The lowest BCUT2D eigenvalue weighted by Crippen LogP contribution is -2.46. The number of methoxy groups -OCH3 is 2. The van der Waals surface area contributed by atoms with Gasteiger partial charge in [0.15, 0.2) is 0 Å². The number of piperazine rings is 1. The van der Waals surface area contributed by atoms with Crippen molar-refractivity contribution in [1.82, 2.24) is 10.2 Å². The highest BCUT2D eigenvalue weighted by molar-refractivity contribution is 5.75. The Kier molecular flexibility index (Phi) is 8.39. The van der Waals surface area contributed by atoms with Crippen molar-refractivity contribution in [2.24, 2.45) is 0 Å². The Balaban J connectivity index is 1.31. The van der Waals surface area contributed by atoms with Crippen LogP contribution in [0.2, 0.25) is 0 Å². The number of benzene rings is 2. The fourth-order valence-electron chi connectivity index (χ4n) is 3.86. The van der Waals surface area contributed by atoms with Crippen molar-refractivity contribution in [3.8, 4) is 11.5 Å². The molecule has 2 aromatic rings. The van der Waals surface area contributed by atoms with Crippen LogP contribution in [0.15, 0.2) is 48.5 Å². The third-order valence-corrected chi connectivity index (χ3v) is 5.59. The molecule has 1 amide bonds. The van der Waals surface area contributed by atoms with Gasteiger partial charge in [0.05, 0.1) is 19.9 Å². The van der Waals surface area contributed by atoms with Gasteiger partial charge in [-0.15, -0.1) is 0 Å². The van der Waals surface area contributed by atoms with Gasteiger partial charge >= 0.3 is 0 Å². The first-order valence-electron chi connectivity index (χ1n) is 10.7. The van der Waals surface area contributed by atoms with Gasteiger partial charge in [0, 0.05) is 44.7 Å². The number of carbonyl (C=O) groups is 1. The quantitative estimate of drug-likeness (QED) is 0.608. The third kappa shape index (κ3) is 6.13. The van der Waals surface area contributed by atoms with Crippen molar-refractivity contribution < 1.29 is 14.3 Å². The number of nitrogens with one attached hydrogen (secondary N) is 1. The van der Waals surface area contributed by atoms with Gasteiger partial charge in [0.2, 0.25) is 5.91 Å². The summed E-state index contributed by atoms with van der Waals surface area (Å²) in [6.07, 6.45) is 2.51. The Labute approximate surface area is 179 Å². The molecule has 1 N–H and O–H groups in total. The number of rotatable bonds is 10. The van der Waals surface area contributed by atoms with Crippen LogP contribution in [-0.4, -0.2) is 57.8 Å². The van der Waals surface area contributed by atoms with Gasteiger partial charge in [-0.05, 0) is 37.6 Å². The summed E-state index contributed by atoms with van der Waals surface area (Å²) >= 11 is 0. The molecule has 6 heteroatoms. The second-order valence-electron chi connectivity index (χ2n) is 7.55. The van der Waals surface area contributed by atoms with E-state index >= 15 is 0 Å². The molecule has 0 saturated carbocycles. The molecule has 1 aliphatic rings. The van der Waals surface area contributed by atoms with Crippen LogP contribution in [0.4, 0.5) is 5.69 Å². The first kappa shape index (κ1) is 22.0. The minimum absolute atomic E-state index is 0.0990. The van der Waals surface area contributed by atoms with Crippen LogP contribution >= 0.6 is 0 Å². The van der Waals surface area contributed by atoms with Crippen molar-refractivity contribution in [1.29, 1.82) is 0 Å². The fourth-order valence-corrected chi connectivity index (χ4v) is 3.86. The van der Waals surface area contributed by atoms with Gasteiger partial charge in [0.1, 0.15) is 11.5 Å². The van der Waals surface area contributed by atoms with Crippen LogP contribution < -0.4 is 19.7 Å². The van der Waals surface area contributed by atoms with Gasteiger partial charge in [-0.2, -0.15) is 0 Å². The minimum atomic E-state index is 0.0990. The van der Waals surface area contributed by atoms with Crippen LogP contribution in [0, 0.1) is 0 Å². The molecule has 1 aliphatic heterocycles. The van der Waals surface area contributed by atoms with E-state index in [4.69, 9.17) is 9.47 Å². The molecular weight excluding hydrogens is 378 g/mol. The van der Waals surface area contributed by atoms with Crippen molar-refractivity contribution in [3.63, 3.8) is 0 Å². The highest BCUT2D eigenvalue weighted by atomic mass is 16.5. The zero-order valence-corrected chi connectivity index (χ0v) is 18.1. The molecule has 0 spiro atoms. The molecule has 0 aliphatic carbocycles. The summed E-state index contributed by atoms with van der Waals surface area (Å²) < 4.78 is 10.8. The number of amides is 1. The number of ether oxygens (including phenoxy) is 2. The molecule has 1 heterocycles. The van der Waals surface area contributed by atoms with E-state index in [0.29, 0.717) is 13.0 Å². The molecule has 162 valence electrons. The molecular formula is C24H33N3O3. The Hall–Kier alpha value is -2.73. The lowest BCUT2D eigenvalue weighted by molar-refractivity contribution is -0.121. The molecule has 0 unspecified atom stereocenters. The summed E-state index contributed by atoms with van der Waals surface area (Å²) in [5.41, 5.74) is 2.17. The van der Waals surface area contributed by atoms with Crippen molar-refractivity contribution in [2.75, 3.05) is 51.8 Å². The normalized spacial score (nSPS) is 14.4. The number of carbonyl (C=O) groups excluding carboxylic acids is 1. The summed E-state index contributed by atoms with van der Waals surface area (Å²) in [4.78, 5) is 17.0. The number of para-hydroxylation sites is 3. The summed E-state index contributed by atoms with van der Waals surface area (Å²) in [5, 5.41) is 3.00. The topological polar surface area (TPSA) is 54.0 Å². The first-order chi connectivity index (χ1) is 14.7. The number of nitrogens with zero attached hydrogens (tertiary/aromatic N) is 2. The van der Waals surface area contributed by atoms with Gasteiger partial charge in [0.25, 0.3) is 0 Å². The summed E-state index contributed by atoms with van der Waals surface area (Å²) in [6.45, 7) is 5.63. The van der Waals surface area contributed by atoms with E-state index in [2.05, 4.69) is 27.2 Å². The molecule has 0 aromatic heterocycles. The Bertz CT molecular complexity index is 804. The maximum atomic E-state index is 12.1. The maximum Gasteiger partial charge on any atom is 0.220 e. The minimum Gasteiger partial charge on any atom is -0.496 e. The molecule has 0 bridgehead atoms. The van der Waals surface area contributed by atoms with E-state index in [9.17, 15) is 4.79 Å². The zero-order valence-electron chi connectivity index (χ0n) is 18.1. The molecule has 0 atom stereocenters. The van der Waals surface area contributed by atoms with Crippen molar-refractivity contribution in [2.45, 2.75) is 25.8 Å². The monoisotopic (exact) mass is 411 g/mol. The molecule has 1 fully saturated rings. The molecule has 30 heavy (non-hydrogen) atoms. The number of hydrogen-bond donors (Lipinski definition) is 1. The van der Waals surface area contributed by atoms with Crippen molar-refractivity contribution in [3.05, 3.63) is 54.1 Å². The molecule has 0 radical (unpaired) electrons. The van der Waals surface area contributed by atoms with Crippen LogP contribution in [0.3, 0.4) is 0 Å². The van der Waals surface area contributed by atoms with E-state index in [0.717, 1.165) is 62.6 Å². The predicted molar refractivity (Wildman–Crippen MR) is 120 cm³/mol. The predicted octanol–water partition coefficient (Wildman–Crippen LogP) is 3.31. The largest absolute Gasteiger partial charge is 0.496 e. The Morgan fingerprint density at radius 3 is 2.30 bits per heavy atom. The van der Waals surface area contributed by atoms with E-state index < -0.39 is 0 Å². The Morgan fingerprint density at radius 1 is 0.900 bits per heavy atom. The first-order valence-corrected chi connectivity index (χ1v) is 10.7. The number of unbranched alkanes of at least 4 members (excludes halogenated alkanes) is 1. The Morgan fingerprint density at radius 2 is 1.57 bits per heavy atom. The standard InChI is InChI=1S/C24H33N3O3/c1-29-22-11-5-3-9-20(22)19-25-24(28)13-7-8-14-26-15-17-27(18-16-26)21-10-4-6-12-23(21)30-2/h3-6,9-12H,7-8,13-19H2,1-2H3,(H,25,28). The summed E-state index contributed by atoms with van der Waals surface area (Å²) in [6, 6.07) is 16.0. The zero-order chi connectivity index (χ0) is 21.2. The van der Waals surface area contributed by atoms with Crippen LogP contribution in [0.25, 0.3) is 0 Å². The van der Waals surface area contributed by atoms with E-state index in [1.165, 1.54) is 5.69 Å². The maximum absolute atomic E-state index is 12.1. The second kappa shape index (κ2) is 11.5. The van der Waals surface area contributed by atoms with Crippen LogP contribution in [0.5, 0.6) is 11.5 Å². The molecule has 3 rings (SSSR count). The second-order valence-corrected chi connectivity index (χ2v) is 7.55. The highest BCUT2D eigenvalue weighted by Crippen LogP contribution is 2.28. The fraction of sp³-hybridized carbons (Fsp3) is 0.458. The van der Waals surface area contributed by atoms with E-state index in [-0.39, 0.29) is 5.91 Å². The summed E-state index contributed by atoms with van der Waals surface area (Å²) in [7, 11) is 3.37. The van der Waals surface area contributed by atoms with E-state index in [1.807, 2.05) is 36.4 Å². The summed E-state index contributed by atoms with van der Waals surface area (Å²) in [5.74, 6) is 1.84. The molecule has 2 aromatic carbocycles. The van der Waals surface area contributed by atoms with E-state index in [1.54, 1.807) is 14.2 Å². The number of anilines is 1. The lowest BCUT2D eigenvalue weighted by Gasteiger charge is -2.36. The van der Waals surface area contributed by atoms with Gasteiger partial charge in [-0.1, -0.05) is 30.3 Å². The van der Waals surface area contributed by atoms with Gasteiger partial charge in [-0.3, -0.25) is 9.69 Å². The molecule has 1 saturated heterocycles. The number of hydrogen-bond acceptors (Lipinski definition) is 5. The SMILES string of the molecule is COc1ccccc1CNC(=O)CCCCN1CCN(c2ccccc2OC)CC1. The average Bonchev–Trinajstić information content (AvgIpc) is 2.81. The highest BCUT2D eigenvalue weighted by Gasteiger charge is 2.19. The molecule has 6 nitrogen and oxygen atoms in total. The third-order valence-electron chi connectivity index (χ3n) is 5.59. The average molecular weight is 412 g/mol. The smallest absolute Gasteiger partial charge is 0.220 e. The van der Waals surface area contributed by atoms with Crippen molar-refractivity contribution >= 4 is 11.6 Å².